The number of aromatic amines is 1. The third-order valence-electron chi connectivity index (χ3n) is 5.35. The summed E-state index contributed by atoms with van der Waals surface area (Å²) in [5, 5.41) is 4.11. The monoisotopic (exact) mass is 432 g/mol. The Balaban J connectivity index is 1.60. The fourth-order valence-corrected chi connectivity index (χ4v) is 4.91. The van der Waals surface area contributed by atoms with Gasteiger partial charge >= 0.3 is 0 Å². The molecule has 0 saturated carbocycles. The molecule has 4 rings (SSSR count). The van der Waals surface area contributed by atoms with E-state index in [4.69, 9.17) is 5.73 Å². The molecule has 2 heterocycles. The molecule has 0 aliphatic carbocycles. The van der Waals surface area contributed by atoms with Crippen molar-refractivity contribution in [3.05, 3.63) is 88.8 Å². The number of nitrogens with one attached hydrogen (secondary N) is 2. The number of aryl methyl sites for hydroxylation is 2. The van der Waals surface area contributed by atoms with E-state index in [-0.39, 0.29) is 5.82 Å². The smallest absolute Gasteiger partial charge is 0.147 e. The molecule has 2 aromatic heterocycles. The fourth-order valence-electron chi connectivity index (χ4n) is 3.86. The molecule has 0 atom stereocenters. The van der Waals surface area contributed by atoms with Gasteiger partial charge in [-0.25, -0.2) is 4.39 Å². The molecule has 4 aromatic rings. The quantitative estimate of drug-likeness (QED) is 0.242. The zero-order valence-corrected chi connectivity index (χ0v) is 18.4. The predicted molar refractivity (Wildman–Crippen MR) is 131 cm³/mol. The molecular formula is C25H25FN4S. The number of rotatable bonds is 7. The number of aromatic nitrogens is 1. The average molecular weight is 433 g/mol. The van der Waals surface area contributed by atoms with Crippen LogP contribution in [-0.4, -0.2) is 17.4 Å². The van der Waals surface area contributed by atoms with Gasteiger partial charge in [-0.1, -0.05) is 43.0 Å². The second-order valence-corrected chi connectivity index (χ2v) is 8.48. The summed E-state index contributed by atoms with van der Waals surface area (Å²) in [5.74, 6) is 0.252. The van der Waals surface area contributed by atoms with Crippen LogP contribution in [0.1, 0.15) is 21.7 Å². The van der Waals surface area contributed by atoms with Crippen LogP contribution in [-0.2, 0) is 6.42 Å². The lowest BCUT2D eigenvalue weighted by atomic mass is 10.0. The van der Waals surface area contributed by atoms with E-state index < -0.39 is 0 Å². The zero-order chi connectivity index (χ0) is 22.0. The van der Waals surface area contributed by atoms with Crippen LogP contribution in [0, 0.1) is 19.7 Å². The molecule has 0 aliphatic heterocycles. The summed E-state index contributed by atoms with van der Waals surface area (Å²) in [6.45, 7) is 8.25. The Labute approximate surface area is 185 Å². The summed E-state index contributed by atoms with van der Waals surface area (Å²) in [4.78, 5) is 9.82. The number of fused-ring (bicyclic) bond motifs is 1. The summed E-state index contributed by atoms with van der Waals surface area (Å²) in [6, 6.07) is 15.6. The van der Waals surface area contributed by atoms with Crippen molar-refractivity contribution in [1.82, 2.24) is 4.98 Å². The molecule has 0 unspecified atom stereocenters. The van der Waals surface area contributed by atoms with E-state index in [1.54, 1.807) is 17.5 Å². The summed E-state index contributed by atoms with van der Waals surface area (Å²) < 4.78 is 14.2. The number of halogens is 1. The van der Waals surface area contributed by atoms with Gasteiger partial charge < -0.3 is 16.0 Å². The maximum atomic E-state index is 14.2. The molecule has 0 saturated heterocycles. The Bertz CT molecular complexity index is 1270. The van der Waals surface area contributed by atoms with Gasteiger partial charge in [-0.2, -0.15) is 0 Å². The summed E-state index contributed by atoms with van der Waals surface area (Å²) in [7, 11) is 0. The number of hydrogen-bond donors (Lipinski definition) is 3. The van der Waals surface area contributed by atoms with E-state index in [0.717, 1.165) is 43.2 Å². The van der Waals surface area contributed by atoms with Crippen LogP contribution < -0.4 is 11.1 Å². The number of H-pyrrole nitrogens is 1. The van der Waals surface area contributed by atoms with Crippen LogP contribution >= 0.6 is 11.3 Å². The first-order valence-corrected chi connectivity index (χ1v) is 10.9. The first-order valence-electron chi connectivity index (χ1n) is 10.1. The minimum Gasteiger partial charge on any atom is -0.383 e. The zero-order valence-electron chi connectivity index (χ0n) is 17.6. The lowest BCUT2D eigenvalue weighted by molar-refractivity contribution is 0.637. The van der Waals surface area contributed by atoms with Crippen LogP contribution in [0.3, 0.4) is 0 Å². The van der Waals surface area contributed by atoms with Gasteiger partial charge in [0.25, 0.3) is 0 Å². The van der Waals surface area contributed by atoms with Crippen molar-refractivity contribution in [3.8, 4) is 10.4 Å². The number of amidine groups is 1. The molecule has 0 radical (unpaired) electrons. The standard InChI is InChI=1S/C25H25FN4S/c1-4-28-20-14-21(17-8-6-5-7-9-17)31-24(20)25(27)29-13-12-18-16(3)30-23-19(26)11-10-15(2)22(18)23/h4-11,14,28,30H,1,12-13H2,2-3H3,(H2,27,29). The van der Waals surface area contributed by atoms with Crippen molar-refractivity contribution in [3.63, 3.8) is 0 Å². The van der Waals surface area contributed by atoms with Crippen LogP contribution in [0.2, 0.25) is 0 Å². The number of benzene rings is 2. The Morgan fingerprint density at radius 3 is 2.74 bits per heavy atom. The number of thiophene rings is 1. The maximum absolute atomic E-state index is 14.2. The number of aliphatic imine (C=N–C) groups is 1. The molecule has 0 spiro atoms. The SMILES string of the molecule is C=CNc1cc(-c2ccccc2)sc1C(N)=NCCc1c(C)[nH]c2c(F)ccc(C)c12. The topological polar surface area (TPSA) is 66.2 Å². The van der Waals surface area contributed by atoms with Gasteiger partial charge in [-0.3, -0.25) is 4.99 Å². The van der Waals surface area contributed by atoms with Gasteiger partial charge in [-0.15, -0.1) is 11.3 Å². The predicted octanol–water partition coefficient (Wildman–Crippen LogP) is 6.16. The van der Waals surface area contributed by atoms with E-state index in [2.05, 4.69) is 40.1 Å². The van der Waals surface area contributed by atoms with Crippen molar-refractivity contribution in [2.24, 2.45) is 10.7 Å². The summed E-state index contributed by atoms with van der Waals surface area (Å²) in [6.07, 6.45) is 2.32. The van der Waals surface area contributed by atoms with Crippen LogP contribution in [0.25, 0.3) is 21.3 Å². The van der Waals surface area contributed by atoms with Crippen LogP contribution in [0.15, 0.2) is 66.3 Å². The van der Waals surface area contributed by atoms with Crippen molar-refractivity contribution in [2.45, 2.75) is 20.3 Å². The third kappa shape index (κ3) is 4.11. The van der Waals surface area contributed by atoms with Gasteiger partial charge in [-0.05, 0) is 55.3 Å². The molecule has 158 valence electrons. The molecule has 0 bridgehead atoms. The Morgan fingerprint density at radius 1 is 1.23 bits per heavy atom. The normalized spacial score (nSPS) is 11.8. The minimum absolute atomic E-state index is 0.231. The van der Waals surface area contributed by atoms with Crippen molar-refractivity contribution < 1.29 is 4.39 Å². The second kappa shape index (κ2) is 8.78. The summed E-state index contributed by atoms with van der Waals surface area (Å²) >= 11 is 1.60. The minimum atomic E-state index is -0.231. The van der Waals surface area contributed by atoms with Gasteiger partial charge in [0.2, 0.25) is 0 Å². The van der Waals surface area contributed by atoms with Gasteiger partial charge in [0.15, 0.2) is 0 Å². The average Bonchev–Trinajstić information content (AvgIpc) is 3.34. The van der Waals surface area contributed by atoms with E-state index in [1.807, 2.05) is 38.1 Å². The maximum Gasteiger partial charge on any atom is 0.147 e. The second-order valence-electron chi connectivity index (χ2n) is 7.43. The Kier molecular flexibility index (Phi) is 5.91. The highest BCUT2D eigenvalue weighted by molar-refractivity contribution is 7.18. The molecule has 0 amide bonds. The highest BCUT2D eigenvalue weighted by atomic mass is 32.1. The molecule has 0 fully saturated rings. The third-order valence-corrected chi connectivity index (χ3v) is 6.56. The van der Waals surface area contributed by atoms with Gasteiger partial charge in [0.1, 0.15) is 11.7 Å². The van der Waals surface area contributed by atoms with E-state index in [9.17, 15) is 4.39 Å². The number of nitrogens with zero attached hydrogens (tertiary/aromatic N) is 1. The molecule has 6 heteroatoms. The Morgan fingerprint density at radius 2 is 2.00 bits per heavy atom. The Hall–Kier alpha value is -3.38. The van der Waals surface area contributed by atoms with Crippen molar-refractivity contribution in [2.75, 3.05) is 11.9 Å². The number of nitrogens with two attached hydrogens (primary N) is 1. The molecule has 0 aliphatic rings. The van der Waals surface area contributed by atoms with E-state index in [1.165, 1.54) is 6.07 Å². The molecular weight excluding hydrogens is 407 g/mol. The molecule has 2 aromatic carbocycles. The largest absolute Gasteiger partial charge is 0.383 e. The highest BCUT2D eigenvalue weighted by Gasteiger charge is 2.15. The molecule has 31 heavy (non-hydrogen) atoms. The number of hydrogen-bond acceptors (Lipinski definition) is 3. The molecule has 4 N–H and O–H groups in total. The first kappa shape index (κ1) is 20.9. The van der Waals surface area contributed by atoms with E-state index in [0.29, 0.717) is 24.3 Å². The fraction of sp³-hybridized carbons (Fsp3) is 0.160. The first-order chi connectivity index (χ1) is 15.0. The summed E-state index contributed by atoms with van der Waals surface area (Å²) in [5.41, 5.74) is 12.1. The number of anilines is 1. The van der Waals surface area contributed by atoms with Crippen molar-refractivity contribution >= 4 is 33.8 Å². The van der Waals surface area contributed by atoms with Gasteiger partial charge in [0, 0.05) is 22.5 Å². The highest BCUT2D eigenvalue weighted by Crippen LogP contribution is 2.35. The lowest BCUT2D eigenvalue weighted by Crippen LogP contribution is -2.14. The van der Waals surface area contributed by atoms with E-state index >= 15 is 0 Å². The van der Waals surface area contributed by atoms with Crippen LogP contribution in [0.5, 0.6) is 0 Å². The molecule has 4 nitrogen and oxygen atoms in total. The van der Waals surface area contributed by atoms with Crippen LogP contribution in [0.4, 0.5) is 10.1 Å². The van der Waals surface area contributed by atoms with Crippen molar-refractivity contribution in [1.29, 1.82) is 0 Å². The lowest BCUT2D eigenvalue weighted by Gasteiger charge is -2.05. The van der Waals surface area contributed by atoms with Gasteiger partial charge in [0.05, 0.1) is 16.1 Å².